The molecule has 0 spiro atoms. The summed E-state index contributed by atoms with van der Waals surface area (Å²) in [5.41, 5.74) is 0.438. The van der Waals surface area contributed by atoms with Gasteiger partial charge in [-0.05, 0) is 24.6 Å². The Kier molecular flexibility index (Phi) is 3.64. The van der Waals surface area contributed by atoms with E-state index in [0.29, 0.717) is 23.1 Å². The molecular weight excluding hydrogens is 284 g/mol. The monoisotopic (exact) mass is 291 g/mol. The van der Waals surface area contributed by atoms with Crippen LogP contribution in [0, 0.1) is 5.92 Å². The highest BCUT2D eigenvalue weighted by atomic mass is 35.5. The summed E-state index contributed by atoms with van der Waals surface area (Å²) in [6.07, 6.45) is 2.17. The Balaban J connectivity index is 1.99. The third kappa shape index (κ3) is 3.14. The number of ether oxygens (including phenoxy) is 1. The van der Waals surface area contributed by atoms with Crippen molar-refractivity contribution in [2.45, 2.75) is 10.8 Å². The van der Waals surface area contributed by atoms with Crippen LogP contribution in [0.3, 0.4) is 0 Å². The largest absolute Gasteiger partial charge is 0.492 e. The van der Waals surface area contributed by atoms with Gasteiger partial charge >= 0.3 is 0 Å². The van der Waals surface area contributed by atoms with Gasteiger partial charge in [0.25, 0.3) is 0 Å². The third-order valence-corrected chi connectivity index (χ3v) is 3.71. The van der Waals surface area contributed by atoms with Crippen molar-refractivity contribution >= 4 is 46.6 Å². The van der Waals surface area contributed by atoms with Crippen molar-refractivity contribution in [1.82, 2.24) is 0 Å². The second-order valence-electron chi connectivity index (χ2n) is 3.79. The zero-order chi connectivity index (χ0) is 12.5. The number of hydrogen-bond donors (Lipinski definition) is 0. The van der Waals surface area contributed by atoms with E-state index in [1.165, 1.54) is 12.1 Å². The first-order valence-corrected chi connectivity index (χ1v) is 6.04. The molecule has 1 aromatic carbocycles. The maximum Gasteiger partial charge on any atom is 0.240 e. The molecule has 1 aliphatic rings. The summed E-state index contributed by atoms with van der Waals surface area (Å²) in [5.74, 6) is 0.655. The van der Waals surface area contributed by atoms with Gasteiger partial charge in [-0.3, -0.25) is 0 Å². The third-order valence-electron chi connectivity index (χ3n) is 2.49. The Hall–Kier alpha value is -0.730. The molecule has 0 N–H and O–H groups in total. The van der Waals surface area contributed by atoms with Crippen LogP contribution >= 0.6 is 34.8 Å². The zero-order valence-electron chi connectivity index (χ0n) is 8.62. The minimum Gasteiger partial charge on any atom is -0.492 e. The number of nitrogens with zero attached hydrogens (tertiary/aromatic N) is 1. The van der Waals surface area contributed by atoms with Crippen LogP contribution in [-0.4, -0.2) is 17.0 Å². The molecule has 0 aliphatic heterocycles. The Morgan fingerprint density at radius 3 is 2.76 bits per heavy atom. The van der Waals surface area contributed by atoms with Gasteiger partial charge in [0, 0.05) is 5.92 Å². The van der Waals surface area contributed by atoms with Crippen LogP contribution < -0.4 is 4.74 Å². The molecule has 3 nitrogen and oxygen atoms in total. The van der Waals surface area contributed by atoms with Crippen molar-refractivity contribution in [3.63, 3.8) is 0 Å². The van der Waals surface area contributed by atoms with E-state index in [4.69, 9.17) is 39.5 Å². The van der Waals surface area contributed by atoms with E-state index in [2.05, 4.69) is 4.99 Å². The predicted molar refractivity (Wildman–Crippen MR) is 67.3 cm³/mol. The molecule has 0 aromatic heterocycles. The molecule has 1 fully saturated rings. The quantitative estimate of drug-likeness (QED) is 0.480. The maximum absolute atomic E-state index is 10.1. The summed E-state index contributed by atoms with van der Waals surface area (Å²) in [5, 5.41) is 0.386. The smallest absolute Gasteiger partial charge is 0.240 e. The maximum atomic E-state index is 10.1. The normalized spacial score (nSPS) is 20.5. The summed E-state index contributed by atoms with van der Waals surface area (Å²) < 4.78 is 4.83. The molecule has 2 rings (SSSR count). The first-order chi connectivity index (χ1) is 8.03. The first-order valence-electron chi connectivity index (χ1n) is 4.91. The van der Waals surface area contributed by atoms with Crippen molar-refractivity contribution < 1.29 is 9.53 Å². The van der Waals surface area contributed by atoms with Gasteiger partial charge in [-0.1, -0.05) is 11.6 Å². The van der Waals surface area contributed by atoms with Gasteiger partial charge in [0.1, 0.15) is 10.1 Å². The number of alkyl halides is 2. The minimum atomic E-state index is -0.659. The van der Waals surface area contributed by atoms with E-state index in [1.54, 1.807) is 12.1 Å². The standard InChI is InChI=1S/C11H8Cl3NO2/c12-9-3-8(15-6-16)1-2-10(9)17-5-7-4-11(7,13)14/h1-3,7H,4-5H2. The van der Waals surface area contributed by atoms with E-state index in [9.17, 15) is 4.79 Å². The molecule has 0 saturated heterocycles. The fourth-order valence-electron chi connectivity index (χ4n) is 1.37. The van der Waals surface area contributed by atoms with E-state index in [-0.39, 0.29) is 5.92 Å². The molecule has 1 saturated carbocycles. The molecule has 90 valence electrons. The lowest BCUT2D eigenvalue weighted by atomic mass is 10.3. The van der Waals surface area contributed by atoms with E-state index < -0.39 is 4.33 Å². The highest BCUT2D eigenvalue weighted by Gasteiger charge is 2.52. The number of isocyanates is 1. The van der Waals surface area contributed by atoms with Crippen molar-refractivity contribution in [3.8, 4) is 5.75 Å². The molecule has 0 bridgehead atoms. The second-order valence-corrected chi connectivity index (χ2v) is 5.74. The molecule has 0 heterocycles. The molecule has 0 amide bonds. The van der Waals surface area contributed by atoms with Crippen molar-refractivity contribution in [2.24, 2.45) is 10.9 Å². The highest BCUT2D eigenvalue weighted by molar-refractivity contribution is 6.50. The van der Waals surface area contributed by atoms with Gasteiger partial charge in [-0.15, -0.1) is 23.2 Å². The summed E-state index contributed by atoms with van der Waals surface area (Å²) in [6, 6.07) is 4.79. The molecule has 1 aliphatic carbocycles. The Morgan fingerprint density at radius 2 is 2.24 bits per heavy atom. The topological polar surface area (TPSA) is 38.7 Å². The Bertz CT molecular complexity index is 484. The van der Waals surface area contributed by atoms with Crippen molar-refractivity contribution in [2.75, 3.05) is 6.61 Å². The zero-order valence-corrected chi connectivity index (χ0v) is 10.9. The highest BCUT2D eigenvalue weighted by Crippen LogP contribution is 2.53. The summed E-state index contributed by atoms with van der Waals surface area (Å²) >= 11 is 17.7. The van der Waals surface area contributed by atoms with Crippen LogP contribution in [0.25, 0.3) is 0 Å². The first kappa shape index (κ1) is 12.7. The van der Waals surface area contributed by atoms with Crippen LogP contribution in [0.15, 0.2) is 23.2 Å². The summed E-state index contributed by atoms with van der Waals surface area (Å²) in [7, 11) is 0. The van der Waals surface area contributed by atoms with Crippen LogP contribution in [-0.2, 0) is 4.79 Å². The van der Waals surface area contributed by atoms with Crippen LogP contribution in [0.4, 0.5) is 5.69 Å². The lowest BCUT2D eigenvalue weighted by Crippen LogP contribution is -2.04. The molecule has 0 radical (unpaired) electrons. The van der Waals surface area contributed by atoms with Gasteiger partial charge < -0.3 is 4.74 Å². The number of carbonyl (C=O) groups excluding carboxylic acids is 1. The minimum absolute atomic E-state index is 0.134. The number of halogens is 3. The average Bonchev–Trinajstić information content (AvgIpc) is 2.86. The van der Waals surface area contributed by atoms with Crippen molar-refractivity contribution in [1.29, 1.82) is 0 Å². The van der Waals surface area contributed by atoms with E-state index in [0.717, 1.165) is 6.42 Å². The SMILES string of the molecule is O=C=Nc1ccc(OCC2CC2(Cl)Cl)c(Cl)c1. The Labute approximate surface area is 113 Å². The van der Waals surface area contributed by atoms with Gasteiger partial charge in [0.2, 0.25) is 6.08 Å². The van der Waals surface area contributed by atoms with E-state index in [1.807, 2.05) is 0 Å². The number of aliphatic imine (C=N–C) groups is 1. The van der Waals surface area contributed by atoms with Gasteiger partial charge in [0.15, 0.2) is 0 Å². The fraction of sp³-hybridized carbons (Fsp3) is 0.364. The summed E-state index contributed by atoms with van der Waals surface area (Å²) in [4.78, 5) is 13.5. The Morgan fingerprint density at radius 1 is 1.53 bits per heavy atom. The van der Waals surface area contributed by atoms with Gasteiger partial charge in [-0.25, -0.2) is 4.79 Å². The predicted octanol–water partition coefficient (Wildman–Crippen LogP) is 3.88. The average molecular weight is 293 g/mol. The molecule has 17 heavy (non-hydrogen) atoms. The molecule has 1 aromatic rings. The second kappa shape index (κ2) is 4.87. The molecular formula is C11H8Cl3NO2. The van der Waals surface area contributed by atoms with E-state index >= 15 is 0 Å². The number of hydrogen-bond acceptors (Lipinski definition) is 3. The molecule has 6 heteroatoms. The lowest BCUT2D eigenvalue weighted by Gasteiger charge is -2.08. The molecule has 1 unspecified atom stereocenters. The number of benzene rings is 1. The molecule has 1 atom stereocenters. The number of rotatable bonds is 4. The lowest BCUT2D eigenvalue weighted by molar-refractivity contribution is 0.299. The van der Waals surface area contributed by atoms with Crippen LogP contribution in [0.2, 0.25) is 5.02 Å². The summed E-state index contributed by atoms with van der Waals surface area (Å²) in [6.45, 7) is 0.420. The fourth-order valence-corrected chi connectivity index (χ4v) is 2.10. The van der Waals surface area contributed by atoms with Gasteiger partial charge in [-0.2, -0.15) is 4.99 Å². The van der Waals surface area contributed by atoms with Crippen LogP contribution in [0.5, 0.6) is 5.75 Å². The van der Waals surface area contributed by atoms with Gasteiger partial charge in [0.05, 0.1) is 17.3 Å². The van der Waals surface area contributed by atoms with Crippen LogP contribution in [0.1, 0.15) is 6.42 Å². The van der Waals surface area contributed by atoms with Crippen molar-refractivity contribution in [3.05, 3.63) is 23.2 Å².